The van der Waals surface area contributed by atoms with Crippen LogP contribution in [0, 0.1) is 0 Å². The molecule has 2 nitrogen and oxygen atoms in total. The largest absolute Gasteiger partial charge is 0.508 e. The first-order valence-corrected chi connectivity index (χ1v) is 6.92. The van der Waals surface area contributed by atoms with Crippen LogP contribution in [0.5, 0.6) is 11.5 Å². The number of phenolic OH excluding ortho intramolecular Hbond substituents is 1. The Morgan fingerprint density at radius 2 is 1.39 bits per heavy atom. The third kappa shape index (κ3) is 3.70. The monoisotopic (exact) mass is 260 g/mol. The van der Waals surface area contributed by atoms with Gasteiger partial charge >= 0.3 is 0 Å². The van der Waals surface area contributed by atoms with Gasteiger partial charge in [-0.2, -0.15) is 11.8 Å². The number of phenols is 1. The molecule has 0 aliphatic carbocycles. The highest BCUT2D eigenvalue weighted by atomic mass is 32.2. The van der Waals surface area contributed by atoms with Crippen molar-refractivity contribution in [1.29, 1.82) is 0 Å². The lowest BCUT2D eigenvalue weighted by Gasteiger charge is -2.04. The summed E-state index contributed by atoms with van der Waals surface area (Å²) in [4.78, 5) is 0. The van der Waals surface area contributed by atoms with Gasteiger partial charge in [0.2, 0.25) is 0 Å². The van der Waals surface area contributed by atoms with Crippen LogP contribution in [0.2, 0.25) is 0 Å². The fourth-order valence-electron chi connectivity index (χ4n) is 1.60. The van der Waals surface area contributed by atoms with E-state index in [-0.39, 0.29) is 0 Å². The Hall–Kier alpha value is -1.61. The molecule has 1 N–H and O–H groups in total. The van der Waals surface area contributed by atoms with Crippen LogP contribution in [-0.4, -0.2) is 12.2 Å². The van der Waals surface area contributed by atoms with Gasteiger partial charge in [0.05, 0.1) is 7.11 Å². The molecule has 18 heavy (non-hydrogen) atoms. The summed E-state index contributed by atoms with van der Waals surface area (Å²) in [7, 11) is 1.68. The number of methoxy groups -OCH3 is 1. The lowest BCUT2D eigenvalue weighted by molar-refractivity contribution is 0.414. The molecule has 94 valence electrons. The highest BCUT2D eigenvalue weighted by molar-refractivity contribution is 7.97. The van der Waals surface area contributed by atoms with Crippen LogP contribution >= 0.6 is 11.8 Å². The van der Waals surface area contributed by atoms with Crippen molar-refractivity contribution < 1.29 is 9.84 Å². The second kappa shape index (κ2) is 6.36. The molecule has 2 aromatic carbocycles. The van der Waals surface area contributed by atoms with Gasteiger partial charge in [-0.1, -0.05) is 24.3 Å². The molecule has 0 amide bonds. The van der Waals surface area contributed by atoms with Crippen molar-refractivity contribution in [3.63, 3.8) is 0 Å². The zero-order valence-electron chi connectivity index (χ0n) is 10.3. The van der Waals surface area contributed by atoms with Gasteiger partial charge in [0, 0.05) is 11.5 Å². The molecule has 0 atom stereocenters. The van der Waals surface area contributed by atoms with Crippen LogP contribution in [0.25, 0.3) is 0 Å². The van der Waals surface area contributed by atoms with Crippen molar-refractivity contribution in [3.05, 3.63) is 59.7 Å². The maximum atomic E-state index is 9.19. The zero-order valence-corrected chi connectivity index (χ0v) is 11.1. The van der Waals surface area contributed by atoms with E-state index in [4.69, 9.17) is 4.74 Å². The number of ether oxygens (including phenoxy) is 1. The number of rotatable bonds is 5. The molecule has 0 heterocycles. The van der Waals surface area contributed by atoms with Crippen LogP contribution < -0.4 is 4.74 Å². The van der Waals surface area contributed by atoms with Crippen molar-refractivity contribution in [2.24, 2.45) is 0 Å². The number of thioether (sulfide) groups is 1. The van der Waals surface area contributed by atoms with Crippen LogP contribution in [-0.2, 0) is 11.5 Å². The molecule has 2 rings (SSSR count). The first kappa shape index (κ1) is 12.8. The molecule has 3 heteroatoms. The minimum absolute atomic E-state index is 0.318. The molecule has 0 fully saturated rings. The van der Waals surface area contributed by atoms with E-state index in [1.54, 1.807) is 19.2 Å². The second-order valence-corrected chi connectivity index (χ2v) is 4.99. The van der Waals surface area contributed by atoms with Crippen molar-refractivity contribution in [2.75, 3.05) is 7.11 Å². The fourth-order valence-corrected chi connectivity index (χ4v) is 2.56. The zero-order chi connectivity index (χ0) is 12.8. The van der Waals surface area contributed by atoms with Gasteiger partial charge in [-0.05, 0) is 35.4 Å². The van der Waals surface area contributed by atoms with Crippen LogP contribution in [0.3, 0.4) is 0 Å². The predicted molar refractivity (Wildman–Crippen MR) is 76.1 cm³/mol. The fraction of sp³-hybridized carbons (Fsp3) is 0.200. The van der Waals surface area contributed by atoms with E-state index < -0.39 is 0 Å². The van der Waals surface area contributed by atoms with E-state index in [1.807, 2.05) is 36.0 Å². The van der Waals surface area contributed by atoms with Crippen LogP contribution in [0.4, 0.5) is 0 Å². The molecule has 0 spiro atoms. The van der Waals surface area contributed by atoms with Gasteiger partial charge in [0.1, 0.15) is 11.5 Å². The van der Waals surface area contributed by atoms with Gasteiger partial charge in [0.25, 0.3) is 0 Å². The van der Waals surface area contributed by atoms with Crippen molar-refractivity contribution in [1.82, 2.24) is 0 Å². The smallest absolute Gasteiger partial charge is 0.118 e. The molecule has 0 aliphatic heterocycles. The van der Waals surface area contributed by atoms with E-state index >= 15 is 0 Å². The predicted octanol–water partition coefficient (Wildman–Crippen LogP) is 3.83. The van der Waals surface area contributed by atoms with E-state index in [2.05, 4.69) is 12.1 Å². The Morgan fingerprint density at radius 1 is 0.889 bits per heavy atom. The van der Waals surface area contributed by atoms with Crippen LogP contribution in [0.1, 0.15) is 11.1 Å². The number of aromatic hydroxyl groups is 1. The first-order chi connectivity index (χ1) is 8.78. The summed E-state index contributed by atoms with van der Waals surface area (Å²) in [6, 6.07) is 15.5. The average Bonchev–Trinajstić information content (AvgIpc) is 2.42. The standard InChI is InChI=1S/C15H16O2S/c1-17-15-8-4-13(5-9-15)11-18-10-12-2-6-14(16)7-3-12/h2-9,16H,10-11H2,1H3. The molecule has 0 radical (unpaired) electrons. The molecule has 0 saturated heterocycles. The minimum Gasteiger partial charge on any atom is -0.508 e. The van der Waals surface area contributed by atoms with Crippen LogP contribution in [0.15, 0.2) is 48.5 Å². The van der Waals surface area contributed by atoms with Gasteiger partial charge in [-0.3, -0.25) is 0 Å². The van der Waals surface area contributed by atoms with Gasteiger partial charge < -0.3 is 9.84 Å². The van der Waals surface area contributed by atoms with E-state index in [9.17, 15) is 5.11 Å². The Morgan fingerprint density at radius 3 is 1.89 bits per heavy atom. The van der Waals surface area contributed by atoms with Gasteiger partial charge in [-0.25, -0.2) is 0 Å². The summed E-state index contributed by atoms with van der Waals surface area (Å²) >= 11 is 1.86. The third-order valence-electron chi connectivity index (χ3n) is 2.63. The third-order valence-corrected chi connectivity index (χ3v) is 3.71. The maximum Gasteiger partial charge on any atom is 0.118 e. The van der Waals surface area contributed by atoms with Crippen molar-refractivity contribution in [2.45, 2.75) is 11.5 Å². The molecule has 2 aromatic rings. The van der Waals surface area contributed by atoms with E-state index in [0.717, 1.165) is 17.3 Å². The summed E-state index contributed by atoms with van der Waals surface area (Å²) in [5.74, 6) is 3.14. The maximum absolute atomic E-state index is 9.19. The molecule has 0 bridgehead atoms. The van der Waals surface area contributed by atoms with Gasteiger partial charge in [-0.15, -0.1) is 0 Å². The lowest BCUT2D eigenvalue weighted by Crippen LogP contribution is -1.85. The topological polar surface area (TPSA) is 29.5 Å². The first-order valence-electron chi connectivity index (χ1n) is 5.76. The quantitative estimate of drug-likeness (QED) is 0.886. The van der Waals surface area contributed by atoms with Crippen molar-refractivity contribution in [3.8, 4) is 11.5 Å². The summed E-state index contributed by atoms with van der Waals surface area (Å²) in [5.41, 5.74) is 2.52. The summed E-state index contributed by atoms with van der Waals surface area (Å²) in [6.45, 7) is 0. The summed E-state index contributed by atoms with van der Waals surface area (Å²) < 4.78 is 5.12. The molecule has 0 saturated carbocycles. The number of benzene rings is 2. The summed E-state index contributed by atoms with van der Waals surface area (Å²) in [5, 5.41) is 9.19. The number of hydrogen-bond donors (Lipinski definition) is 1. The highest BCUT2D eigenvalue weighted by Crippen LogP contribution is 2.21. The highest BCUT2D eigenvalue weighted by Gasteiger charge is 1.97. The normalized spacial score (nSPS) is 10.3. The van der Waals surface area contributed by atoms with E-state index in [0.29, 0.717) is 5.75 Å². The molecule has 0 aromatic heterocycles. The molecular weight excluding hydrogens is 244 g/mol. The van der Waals surface area contributed by atoms with Gasteiger partial charge in [0.15, 0.2) is 0 Å². The lowest BCUT2D eigenvalue weighted by atomic mass is 10.2. The molecule has 0 aliphatic rings. The van der Waals surface area contributed by atoms with E-state index in [1.165, 1.54) is 11.1 Å². The Balaban J connectivity index is 1.82. The summed E-state index contributed by atoms with van der Waals surface area (Å²) in [6.07, 6.45) is 0. The molecule has 0 unspecified atom stereocenters. The SMILES string of the molecule is COc1ccc(CSCc2ccc(O)cc2)cc1. The Kier molecular flexibility index (Phi) is 4.53. The Labute approximate surface area is 112 Å². The molecular formula is C15H16O2S. The van der Waals surface area contributed by atoms with Crippen molar-refractivity contribution >= 4 is 11.8 Å². The Bertz CT molecular complexity index is 477. The second-order valence-electron chi connectivity index (χ2n) is 4.01. The number of hydrogen-bond acceptors (Lipinski definition) is 3. The average molecular weight is 260 g/mol. The minimum atomic E-state index is 0.318.